The molecule has 88 valence electrons. The van der Waals surface area contributed by atoms with E-state index in [1.807, 2.05) is 0 Å². The van der Waals surface area contributed by atoms with Crippen LogP contribution in [-0.4, -0.2) is 15.5 Å². The summed E-state index contributed by atoms with van der Waals surface area (Å²) in [5.74, 6) is 0.193. The van der Waals surface area contributed by atoms with Crippen molar-refractivity contribution in [3.63, 3.8) is 0 Å². The molecule has 0 aliphatic heterocycles. The Bertz CT molecular complexity index is 566. The number of carbonyl (C=O) groups excluding carboxylic acids is 1. The molecule has 1 aromatic carbocycles. The number of anilines is 1. The van der Waals surface area contributed by atoms with Gasteiger partial charge in [0.15, 0.2) is 0 Å². The lowest BCUT2D eigenvalue weighted by Gasteiger charge is -2.05. The van der Waals surface area contributed by atoms with Crippen molar-refractivity contribution in [2.45, 2.75) is 0 Å². The molecule has 1 heterocycles. The summed E-state index contributed by atoms with van der Waals surface area (Å²) >= 11 is 11.6. The van der Waals surface area contributed by atoms with Crippen molar-refractivity contribution in [2.75, 3.05) is 5.32 Å². The molecule has 0 unspecified atom stereocenters. The predicted molar refractivity (Wildman–Crippen MR) is 67.6 cm³/mol. The highest BCUT2D eigenvalue weighted by Gasteiger charge is 2.10. The molecule has 0 bridgehead atoms. The molecule has 0 fully saturated rings. The van der Waals surface area contributed by atoms with Crippen molar-refractivity contribution in [1.82, 2.24) is 9.55 Å². The van der Waals surface area contributed by atoms with E-state index in [0.29, 0.717) is 21.6 Å². The molecular formula is C11H9Cl2N3O. The van der Waals surface area contributed by atoms with Crippen LogP contribution in [0.3, 0.4) is 0 Å². The number of nitrogens with zero attached hydrogens (tertiary/aromatic N) is 2. The number of imidazole rings is 1. The van der Waals surface area contributed by atoms with Crippen molar-refractivity contribution < 1.29 is 4.79 Å². The van der Waals surface area contributed by atoms with Crippen LogP contribution >= 0.6 is 23.2 Å². The van der Waals surface area contributed by atoms with Gasteiger partial charge in [-0.25, -0.2) is 4.98 Å². The van der Waals surface area contributed by atoms with Gasteiger partial charge < -0.3 is 4.57 Å². The van der Waals surface area contributed by atoms with Crippen LogP contribution in [0.25, 0.3) is 0 Å². The SMILES string of the molecule is Cn1ccnc1NC(=O)c1ccc(Cl)c(Cl)c1. The Morgan fingerprint density at radius 1 is 1.35 bits per heavy atom. The third-order valence-electron chi connectivity index (χ3n) is 2.23. The van der Waals surface area contributed by atoms with Gasteiger partial charge in [0, 0.05) is 25.0 Å². The van der Waals surface area contributed by atoms with Gasteiger partial charge >= 0.3 is 0 Å². The largest absolute Gasteiger partial charge is 0.320 e. The van der Waals surface area contributed by atoms with Gasteiger partial charge in [0.2, 0.25) is 5.95 Å². The third-order valence-corrected chi connectivity index (χ3v) is 2.97. The molecule has 0 saturated heterocycles. The van der Waals surface area contributed by atoms with Gasteiger partial charge in [-0.05, 0) is 18.2 Å². The van der Waals surface area contributed by atoms with E-state index in [1.165, 1.54) is 6.07 Å². The fraction of sp³-hybridized carbons (Fsp3) is 0.0909. The highest BCUT2D eigenvalue weighted by atomic mass is 35.5. The molecule has 0 saturated carbocycles. The van der Waals surface area contributed by atoms with Gasteiger partial charge in [0.1, 0.15) is 0 Å². The number of amides is 1. The lowest BCUT2D eigenvalue weighted by Crippen LogP contribution is -2.14. The van der Waals surface area contributed by atoms with Crippen LogP contribution in [0.1, 0.15) is 10.4 Å². The number of nitrogens with one attached hydrogen (secondary N) is 1. The van der Waals surface area contributed by atoms with Gasteiger partial charge in [-0.1, -0.05) is 23.2 Å². The maximum absolute atomic E-state index is 11.9. The quantitative estimate of drug-likeness (QED) is 0.911. The normalized spacial score (nSPS) is 10.3. The van der Waals surface area contributed by atoms with Crippen LogP contribution in [0.15, 0.2) is 30.6 Å². The van der Waals surface area contributed by atoms with E-state index in [0.717, 1.165) is 0 Å². The lowest BCUT2D eigenvalue weighted by atomic mass is 10.2. The zero-order chi connectivity index (χ0) is 12.4. The first-order valence-corrected chi connectivity index (χ1v) is 5.57. The van der Waals surface area contributed by atoms with Gasteiger partial charge in [-0.2, -0.15) is 0 Å². The zero-order valence-electron chi connectivity index (χ0n) is 8.95. The van der Waals surface area contributed by atoms with Crippen LogP contribution in [0.4, 0.5) is 5.95 Å². The van der Waals surface area contributed by atoms with Crippen LogP contribution in [0.5, 0.6) is 0 Å². The number of rotatable bonds is 2. The Hall–Kier alpha value is -1.52. The van der Waals surface area contributed by atoms with Crippen LogP contribution in [0, 0.1) is 0 Å². The molecule has 0 atom stereocenters. The summed E-state index contributed by atoms with van der Waals surface area (Å²) in [5, 5.41) is 3.43. The molecule has 6 heteroatoms. The first kappa shape index (κ1) is 12.0. The van der Waals surface area contributed by atoms with Gasteiger partial charge in [-0.15, -0.1) is 0 Å². The Morgan fingerprint density at radius 2 is 2.12 bits per heavy atom. The fourth-order valence-electron chi connectivity index (χ4n) is 1.30. The zero-order valence-corrected chi connectivity index (χ0v) is 10.5. The van der Waals surface area contributed by atoms with E-state index >= 15 is 0 Å². The van der Waals surface area contributed by atoms with Crippen molar-refractivity contribution in [3.05, 3.63) is 46.2 Å². The van der Waals surface area contributed by atoms with E-state index in [1.54, 1.807) is 36.1 Å². The van der Waals surface area contributed by atoms with E-state index in [-0.39, 0.29) is 5.91 Å². The minimum absolute atomic E-state index is 0.280. The Balaban J connectivity index is 2.20. The molecule has 2 aromatic rings. The van der Waals surface area contributed by atoms with Crippen molar-refractivity contribution >= 4 is 35.1 Å². The number of aromatic nitrogens is 2. The molecular weight excluding hydrogens is 261 g/mol. The third kappa shape index (κ3) is 2.60. The van der Waals surface area contributed by atoms with Crippen LogP contribution < -0.4 is 5.32 Å². The summed E-state index contributed by atoms with van der Waals surface area (Å²) in [7, 11) is 1.79. The number of hydrogen-bond acceptors (Lipinski definition) is 2. The monoisotopic (exact) mass is 269 g/mol. The standard InChI is InChI=1S/C11H9Cl2N3O/c1-16-5-4-14-11(16)15-10(17)7-2-3-8(12)9(13)6-7/h2-6H,1H3,(H,14,15,17). The van der Waals surface area contributed by atoms with Crippen LogP contribution in [-0.2, 0) is 7.05 Å². The summed E-state index contributed by atoms with van der Waals surface area (Å²) in [4.78, 5) is 15.9. The number of benzene rings is 1. The average molecular weight is 270 g/mol. The van der Waals surface area contributed by atoms with Gasteiger partial charge in [-0.3, -0.25) is 10.1 Å². The minimum atomic E-state index is -0.280. The summed E-state index contributed by atoms with van der Waals surface area (Å²) in [6.07, 6.45) is 3.34. The van der Waals surface area contributed by atoms with Gasteiger partial charge in [0.25, 0.3) is 5.91 Å². The molecule has 1 N–H and O–H groups in total. The Labute approximate surface area is 108 Å². The van der Waals surface area contributed by atoms with E-state index in [4.69, 9.17) is 23.2 Å². The average Bonchev–Trinajstić information content (AvgIpc) is 2.68. The molecule has 0 aliphatic rings. The second-order valence-corrected chi connectivity index (χ2v) is 4.26. The highest BCUT2D eigenvalue weighted by Crippen LogP contribution is 2.22. The van der Waals surface area contributed by atoms with Crippen molar-refractivity contribution in [2.24, 2.45) is 7.05 Å². The molecule has 4 nitrogen and oxygen atoms in total. The lowest BCUT2D eigenvalue weighted by molar-refractivity contribution is 0.102. The smallest absolute Gasteiger partial charge is 0.258 e. The van der Waals surface area contributed by atoms with E-state index < -0.39 is 0 Å². The number of hydrogen-bond donors (Lipinski definition) is 1. The molecule has 0 aliphatic carbocycles. The topological polar surface area (TPSA) is 46.9 Å². The Morgan fingerprint density at radius 3 is 2.71 bits per heavy atom. The summed E-state index contributed by atoms with van der Waals surface area (Å²) < 4.78 is 1.70. The summed E-state index contributed by atoms with van der Waals surface area (Å²) in [6.45, 7) is 0. The predicted octanol–water partition coefficient (Wildman–Crippen LogP) is 2.98. The van der Waals surface area contributed by atoms with Crippen molar-refractivity contribution in [1.29, 1.82) is 0 Å². The second kappa shape index (κ2) is 4.77. The molecule has 0 spiro atoms. The highest BCUT2D eigenvalue weighted by molar-refractivity contribution is 6.42. The molecule has 1 amide bonds. The Kier molecular flexibility index (Phi) is 3.36. The first-order chi connectivity index (χ1) is 8.08. The summed E-state index contributed by atoms with van der Waals surface area (Å²) in [5.41, 5.74) is 0.433. The van der Waals surface area contributed by atoms with Crippen LogP contribution in [0.2, 0.25) is 10.0 Å². The second-order valence-electron chi connectivity index (χ2n) is 3.44. The van der Waals surface area contributed by atoms with E-state index in [9.17, 15) is 4.79 Å². The fourth-order valence-corrected chi connectivity index (χ4v) is 1.60. The first-order valence-electron chi connectivity index (χ1n) is 4.81. The minimum Gasteiger partial charge on any atom is -0.320 e. The number of aryl methyl sites for hydroxylation is 1. The maximum atomic E-state index is 11.9. The molecule has 1 aromatic heterocycles. The van der Waals surface area contributed by atoms with Gasteiger partial charge in [0.05, 0.1) is 10.0 Å². The van der Waals surface area contributed by atoms with Crippen molar-refractivity contribution in [3.8, 4) is 0 Å². The molecule has 2 rings (SSSR count). The maximum Gasteiger partial charge on any atom is 0.258 e. The number of carbonyl (C=O) groups is 1. The number of halogens is 2. The molecule has 17 heavy (non-hydrogen) atoms. The molecule has 0 radical (unpaired) electrons. The summed E-state index contributed by atoms with van der Waals surface area (Å²) in [6, 6.07) is 4.70. The van der Waals surface area contributed by atoms with E-state index in [2.05, 4.69) is 10.3 Å².